The fraction of sp³-hybridized carbons (Fsp3) is 0.0588. The lowest BCUT2D eigenvalue weighted by Gasteiger charge is -2.02. The van der Waals surface area contributed by atoms with Crippen LogP contribution in [0.25, 0.3) is 11.0 Å². The van der Waals surface area contributed by atoms with E-state index in [1.54, 1.807) is 18.2 Å². The minimum Gasteiger partial charge on any atom is -0.451 e. The highest BCUT2D eigenvalue weighted by molar-refractivity contribution is 6.01. The number of furan rings is 1. The predicted octanol–water partition coefficient (Wildman–Crippen LogP) is 2.44. The standard InChI is InChI=1S/C17H15N3O2/c18-16(20-10-11-4-2-1-3-5-11)12-6-7-14-13(8-12)9-15(22-14)17(19)21/h1-9H,10H2,(H2,18,20)(H2,19,21). The molecule has 0 radical (unpaired) electrons. The Morgan fingerprint density at radius 3 is 2.55 bits per heavy atom. The Kier molecular flexibility index (Phi) is 3.62. The molecule has 0 unspecified atom stereocenters. The van der Waals surface area contributed by atoms with Gasteiger partial charge in [0.25, 0.3) is 5.91 Å². The van der Waals surface area contributed by atoms with Crippen molar-refractivity contribution in [2.75, 3.05) is 0 Å². The lowest BCUT2D eigenvalue weighted by atomic mass is 10.1. The molecule has 0 saturated carbocycles. The van der Waals surface area contributed by atoms with Crippen LogP contribution in [0.5, 0.6) is 0 Å². The maximum Gasteiger partial charge on any atom is 0.284 e. The van der Waals surface area contributed by atoms with Crippen molar-refractivity contribution in [3.05, 3.63) is 71.5 Å². The summed E-state index contributed by atoms with van der Waals surface area (Å²) in [5.41, 5.74) is 13.7. The van der Waals surface area contributed by atoms with Crippen LogP contribution in [0.15, 0.2) is 64.0 Å². The van der Waals surface area contributed by atoms with Crippen LogP contribution in [-0.2, 0) is 6.54 Å². The number of hydrogen-bond acceptors (Lipinski definition) is 3. The monoisotopic (exact) mass is 293 g/mol. The topological polar surface area (TPSA) is 94.6 Å². The van der Waals surface area contributed by atoms with Crippen LogP contribution in [0.4, 0.5) is 0 Å². The Hall–Kier alpha value is -3.08. The first kappa shape index (κ1) is 13.9. The number of nitrogens with two attached hydrogens (primary N) is 2. The molecule has 1 aromatic heterocycles. The van der Waals surface area contributed by atoms with Gasteiger partial charge in [-0.3, -0.25) is 9.79 Å². The highest BCUT2D eigenvalue weighted by Crippen LogP contribution is 2.20. The molecule has 0 aliphatic rings. The number of rotatable bonds is 4. The highest BCUT2D eigenvalue weighted by Gasteiger charge is 2.09. The number of carbonyl (C=O) groups is 1. The van der Waals surface area contributed by atoms with Crippen LogP contribution in [0.1, 0.15) is 21.7 Å². The van der Waals surface area contributed by atoms with Gasteiger partial charge in [0, 0.05) is 10.9 Å². The third kappa shape index (κ3) is 2.83. The molecule has 22 heavy (non-hydrogen) atoms. The second kappa shape index (κ2) is 5.73. The molecule has 4 N–H and O–H groups in total. The molecular formula is C17H15N3O2. The summed E-state index contributed by atoms with van der Waals surface area (Å²) in [6.45, 7) is 0.517. The summed E-state index contributed by atoms with van der Waals surface area (Å²) in [6.07, 6.45) is 0. The van der Waals surface area contributed by atoms with E-state index in [-0.39, 0.29) is 5.76 Å². The van der Waals surface area contributed by atoms with Gasteiger partial charge in [0.2, 0.25) is 0 Å². The molecule has 5 nitrogen and oxygen atoms in total. The van der Waals surface area contributed by atoms with Crippen molar-refractivity contribution >= 4 is 22.7 Å². The zero-order chi connectivity index (χ0) is 15.5. The Balaban J connectivity index is 1.87. The molecule has 0 aliphatic carbocycles. The molecule has 0 saturated heterocycles. The van der Waals surface area contributed by atoms with Gasteiger partial charge >= 0.3 is 0 Å². The normalized spacial score (nSPS) is 11.7. The van der Waals surface area contributed by atoms with Crippen molar-refractivity contribution in [3.8, 4) is 0 Å². The number of amides is 1. The molecule has 3 aromatic rings. The Morgan fingerprint density at radius 2 is 1.82 bits per heavy atom. The number of amidine groups is 1. The molecule has 110 valence electrons. The maximum absolute atomic E-state index is 11.1. The summed E-state index contributed by atoms with van der Waals surface area (Å²) in [7, 11) is 0. The van der Waals surface area contributed by atoms with Gasteiger partial charge in [-0.1, -0.05) is 30.3 Å². The Morgan fingerprint density at radius 1 is 1.05 bits per heavy atom. The summed E-state index contributed by atoms with van der Waals surface area (Å²) in [6, 6.07) is 16.9. The van der Waals surface area contributed by atoms with E-state index in [1.165, 1.54) is 0 Å². The first-order valence-electron chi connectivity index (χ1n) is 6.81. The van der Waals surface area contributed by atoms with Gasteiger partial charge in [0.15, 0.2) is 5.76 Å². The van der Waals surface area contributed by atoms with Crippen LogP contribution < -0.4 is 11.5 Å². The smallest absolute Gasteiger partial charge is 0.284 e. The lowest BCUT2D eigenvalue weighted by molar-refractivity contribution is 0.0976. The summed E-state index contributed by atoms with van der Waals surface area (Å²) in [5.74, 6) is -0.0250. The number of hydrogen-bond donors (Lipinski definition) is 2. The van der Waals surface area contributed by atoms with E-state index in [0.29, 0.717) is 18.0 Å². The molecule has 3 rings (SSSR count). The minimum absolute atomic E-state index is 0.131. The number of primary amides is 1. The molecule has 1 heterocycles. The van der Waals surface area contributed by atoms with E-state index in [1.807, 2.05) is 36.4 Å². The minimum atomic E-state index is -0.594. The first-order chi connectivity index (χ1) is 10.6. The molecule has 0 aliphatic heterocycles. The van der Waals surface area contributed by atoms with Crippen LogP contribution in [-0.4, -0.2) is 11.7 Å². The molecule has 0 fully saturated rings. The van der Waals surface area contributed by atoms with Gasteiger partial charge in [-0.05, 0) is 29.8 Å². The zero-order valence-corrected chi connectivity index (χ0v) is 11.8. The summed E-state index contributed by atoms with van der Waals surface area (Å²) in [5, 5.41) is 0.768. The number of aliphatic imine (C=N–C) groups is 1. The Bertz CT molecular complexity index is 851. The SMILES string of the molecule is NC(=O)c1cc2cc(C(N)=NCc3ccccc3)ccc2o1. The average molecular weight is 293 g/mol. The van der Waals surface area contributed by atoms with Crippen molar-refractivity contribution in [2.24, 2.45) is 16.5 Å². The Labute approximate surface area is 127 Å². The van der Waals surface area contributed by atoms with Crippen LogP contribution >= 0.6 is 0 Å². The van der Waals surface area contributed by atoms with E-state index >= 15 is 0 Å². The van der Waals surface area contributed by atoms with Gasteiger partial charge in [0.05, 0.1) is 6.54 Å². The molecule has 2 aromatic carbocycles. The first-order valence-corrected chi connectivity index (χ1v) is 6.81. The second-order valence-electron chi connectivity index (χ2n) is 4.91. The van der Waals surface area contributed by atoms with Gasteiger partial charge < -0.3 is 15.9 Å². The second-order valence-corrected chi connectivity index (χ2v) is 4.91. The maximum atomic E-state index is 11.1. The number of fused-ring (bicyclic) bond motifs is 1. The molecule has 0 spiro atoms. The number of carbonyl (C=O) groups excluding carboxylic acids is 1. The molecule has 1 amide bonds. The third-order valence-corrected chi connectivity index (χ3v) is 3.33. The van der Waals surface area contributed by atoms with Crippen molar-refractivity contribution in [2.45, 2.75) is 6.54 Å². The van der Waals surface area contributed by atoms with Crippen LogP contribution in [0.3, 0.4) is 0 Å². The predicted molar refractivity (Wildman–Crippen MR) is 85.6 cm³/mol. The van der Waals surface area contributed by atoms with E-state index in [4.69, 9.17) is 15.9 Å². The van der Waals surface area contributed by atoms with Crippen molar-refractivity contribution in [3.63, 3.8) is 0 Å². The van der Waals surface area contributed by atoms with Crippen molar-refractivity contribution in [1.82, 2.24) is 0 Å². The quantitative estimate of drug-likeness (QED) is 0.571. The summed E-state index contributed by atoms with van der Waals surface area (Å²) in [4.78, 5) is 15.5. The highest BCUT2D eigenvalue weighted by atomic mass is 16.3. The van der Waals surface area contributed by atoms with Gasteiger partial charge in [0.1, 0.15) is 11.4 Å². The van der Waals surface area contributed by atoms with E-state index in [0.717, 1.165) is 16.5 Å². The number of nitrogens with zero attached hydrogens (tertiary/aromatic N) is 1. The lowest BCUT2D eigenvalue weighted by Crippen LogP contribution is -2.13. The fourth-order valence-electron chi connectivity index (χ4n) is 2.18. The summed E-state index contributed by atoms with van der Waals surface area (Å²) < 4.78 is 5.34. The van der Waals surface area contributed by atoms with Crippen molar-refractivity contribution < 1.29 is 9.21 Å². The van der Waals surface area contributed by atoms with Gasteiger partial charge in [-0.15, -0.1) is 0 Å². The third-order valence-electron chi connectivity index (χ3n) is 3.33. The summed E-state index contributed by atoms with van der Waals surface area (Å²) >= 11 is 0. The fourth-order valence-corrected chi connectivity index (χ4v) is 2.18. The van der Waals surface area contributed by atoms with Crippen molar-refractivity contribution in [1.29, 1.82) is 0 Å². The zero-order valence-electron chi connectivity index (χ0n) is 11.8. The molecule has 5 heteroatoms. The van der Waals surface area contributed by atoms with E-state index in [9.17, 15) is 4.79 Å². The van der Waals surface area contributed by atoms with Gasteiger partial charge in [-0.2, -0.15) is 0 Å². The molecule has 0 atom stereocenters. The number of benzene rings is 2. The van der Waals surface area contributed by atoms with Crippen LogP contribution in [0, 0.1) is 0 Å². The molecular weight excluding hydrogens is 278 g/mol. The largest absolute Gasteiger partial charge is 0.451 e. The van der Waals surface area contributed by atoms with Crippen LogP contribution in [0.2, 0.25) is 0 Å². The van der Waals surface area contributed by atoms with E-state index in [2.05, 4.69) is 4.99 Å². The average Bonchev–Trinajstić information content (AvgIpc) is 2.97. The van der Waals surface area contributed by atoms with Gasteiger partial charge in [-0.25, -0.2) is 0 Å². The van der Waals surface area contributed by atoms with E-state index < -0.39 is 5.91 Å². The molecule has 0 bridgehead atoms.